The van der Waals surface area contributed by atoms with Crippen molar-refractivity contribution in [2.24, 2.45) is 0 Å². The van der Waals surface area contributed by atoms with Crippen molar-refractivity contribution in [1.82, 2.24) is 0 Å². The molecule has 4 heteroatoms. The first-order valence-electron chi connectivity index (χ1n) is 43.3. The lowest BCUT2D eigenvalue weighted by Gasteiger charge is -2.31. The molecule has 1 aliphatic rings. The number of rotatable bonds is 23. The molecule has 0 spiro atoms. The van der Waals surface area contributed by atoms with E-state index in [0.717, 1.165) is 119 Å². The molecule has 0 amide bonds. The van der Waals surface area contributed by atoms with E-state index in [4.69, 9.17) is 0 Å². The van der Waals surface area contributed by atoms with Crippen LogP contribution in [0.4, 0.5) is 68.2 Å². The van der Waals surface area contributed by atoms with Gasteiger partial charge < -0.3 is 19.6 Å². The molecule has 0 radical (unpaired) electrons. The van der Waals surface area contributed by atoms with Crippen molar-refractivity contribution >= 4 is 85.1 Å². The Kier molecular flexibility index (Phi) is 21.3. The Morgan fingerprint density at radius 1 is 0.232 bits per heavy atom. The van der Waals surface area contributed by atoms with Crippen LogP contribution in [-0.4, -0.2) is 0 Å². The zero-order valence-corrected chi connectivity index (χ0v) is 70.3. The molecule has 0 unspecified atom stereocenters. The fourth-order valence-electron chi connectivity index (χ4n) is 18.4. The molecule has 1 aliphatic carbocycles. The third-order valence-electron chi connectivity index (χ3n) is 24.9. The first kappa shape index (κ1) is 77.7. The van der Waals surface area contributed by atoms with E-state index in [2.05, 4.69) is 514 Å². The smallest absolute Gasteiger partial charge is 0.0540 e. The van der Waals surface area contributed by atoms with Gasteiger partial charge in [0.2, 0.25) is 0 Å². The first-order valence-corrected chi connectivity index (χ1v) is 43.3. The van der Waals surface area contributed by atoms with Crippen molar-refractivity contribution in [3.8, 4) is 100 Å². The predicted molar refractivity (Wildman–Crippen MR) is 532 cm³/mol. The van der Waals surface area contributed by atoms with Crippen LogP contribution < -0.4 is 19.6 Å². The molecule has 19 aromatic rings. The van der Waals surface area contributed by atoms with Crippen LogP contribution in [0.2, 0.25) is 0 Å². The van der Waals surface area contributed by atoms with Crippen LogP contribution in [0, 0.1) is 0 Å². The average molecular weight is 1600 g/mol. The second-order valence-electron chi connectivity index (χ2n) is 32.7. The summed E-state index contributed by atoms with van der Waals surface area (Å²) in [7, 11) is 0. The maximum Gasteiger partial charge on any atom is 0.0540 e. The molecule has 0 saturated carbocycles. The quantitative estimate of drug-likeness (QED) is 0.0592. The number of hydrogen-bond donors (Lipinski definition) is 0. The summed E-state index contributed by atoms with van der Waals surface area (Å²) in [6.45, 7) is 11.1. The minimum Gasteiger partial charge on any atom is -0.311 e. The molecule has 125 heavy (non-hydrogen) atoms. The van der Waals surface area contributed by atoms with Crippen molar-refractivity contribution in [3.63, 3.8) is 0 Å². The molecule has 0 saturated heterocycles. The lowest BCUT2D eigenvalue weighted by atomic mass is 9.82. The first-order chi connectivity index (χ1) is 61.6. The molecular weight excluding hydrogens is 1510 g/mol. The molecule has 0 N–H and O–H groups in total. The van der Waals surface area contributed by atoms with Crippen molar-refractivity contribution in [3.05, 3.63) is 502 Å². The summed E-state index contributed by atoms with van der Waals surface area (Å²) in [5.41, 5.74) is 39.0. The summed E-state index contributed by atoms with van der Waals surface area (Å²) >= 11 is 0. The molecule has 0 bridgehead atoms. The van der Waals surface area contributed by atoms with Crippen molar-refractivity contribution < 1.29 is 0 Å². The molecule has 4 nitrogen and oxygen atoms in total. The second kappa shape index (κ2) is 34.3. The highest BCUT2D eigenvalue weighted by molar-refractivity contribution is 6.00. The van der Waals surface area contributed by atoms with E-state index >= 15 is 0 Å². The van der Waals surface area contributed by atoms with Crippen LogP contribution in [-0.2, 0) is 11.8 Å². The number of allylic oxidation sites excluding steroid dienone is 2. The number of anilines is 12. The lowest BCUT2D eigenvalue weighted by Crippen LogP contribution is -2.18. The zero-order chi connectivity index (χ0) is 84.2. The third-order valence-corrected chi connectivity index (χ3v) is 24.9. The average Bonchev–Trinajstić information content (AvgIpc) is 1.57. The summed E-state index contributed by atoms with van der Waals surface area (Å²) in [6, 6.07) is 169. The van der Waals surface area contributed by atoms with E-state index in [1.807, 2.05) is 12.2 Å². The van der Waals surface area contributed by atoms with Gasteiger partial charge >= 0.3 is 0 Å². The zero-order valence-electron chi connectivity index (χ0n) is 70.3. The van der Waals surface area contributed by atoms with Crippen LogP contribution in [0.3, 0.4) is 0 Å². The third kappa shape index (κ3) is 15.6. The Morgan fingerprint density at radius 2 is 0.488 bits per heavy atom. The Morgan fingerprint density at radius 3 is 0.832 bits per heavy atom. The highest BCUT2D eigenvalue weighted by Gasteiger charge is 2.37. The molecule has 0 atom stereocenters. The van der Waals surface area contributed by atoms with Gasteiger partial charge in [-0.1, -0.05) is 361 Å². The predicted octanol–water partition coefficient (Wildman–Crippen LogP) is 34.1. The lowest BCUT2D eigenvalue weighted by molar-refractivity contribution is 0.660. The van der Waals surface area contributed by atoms with E-state index in [9.17, 15) is 0 Å². The van der Waals surface area contributed by atoms with Gasteiger partial charge in [-0.3, -0.25) is 0 Å². The van der Waals surface area contributed by atoms with Gasteiger partial charge in [0, 0.05) is 73.4 Å². The van der Waals surface area contributed by atoms with Crippen LogP contribution in [0.1, 0.15) is 43.0 Å². The van der Waals surface area contributed by atoms with Crippen LogP contribution in [0.15, 0.2) is 480 Å². The second-order valence-corrected chi connectivity index (χ2v) is 32.7. The molecular formula is C121H92N4. The molecule has 0 fully saturated rings. The fraction of sp³-hybridized carbons (Fsp3) is 0.0413. The monoisotopic (exact) mass is 1600 g/mol. The minimum absolute atomic E-state index is 0.347. The van der Waals surface area contributed by atoms with Crippen molar-refractivity contribution in [2.45, 2.75) is 32.6 Å². The largest absolute Gasteiger partial charge is 0.311 e. The maximum absolute atomic E-state index is 4.05. The van der Waals surface area contributed by atoms with Gasteiger partial charge in [0.1, 0.15) is 0 Å². The molecule has 20 rings (SSSR count). The molecule has 0 aromatic heterocycles. The normalized spacial score (nSPS) is 11.9. The summed E-state index contributed by atoms with van der Waals surface area (Å²) in [5.74, 6) is 0. The summed E-state index contributed by atoms with van der Waals surface area (Å²) in [5, 5.41) is 2.40. The maximum atomic E-state index is 4.05. The van der Waals surface area contributed by atoms with Gasteiger partial charge in [-0.15, -0.1) is 0 Å². The summed E-state index contributed by atoms with van der Waals surface area (Å²) in [4.78, 5) is 9.62. The number of hydrogen-bond acceptors (Lipinski definition) is 4. The van der Waals surface area contributed by atoms with Gasteiger partial charge in [0.05, 0.1) is 5.69 Å². The minimum atomic E-state index is -0.347. The van der Waals surface area contributed by atoms with Crippen molar-refractivity contribution in [1.29, 1.82) is 0 Å². The number of fused-ring (bicyclic) bond motifs is 4. The SMILES string of the molecule is C=C/C=C\c1cccc(N(c2ccc(-c3cccc(-c4cccc(-c5ccc(N(c6ccc(-c7ccccc7)cc6)c6ccc(-c7ccc(N(c8ccc(-c9ccccc9)cc8)c8ccc(-c9ccccc9)cc8)cc7)cc6)cc5)c4)c3)cc2)c2ccc3c(c2)C(C)(C)c2cc(N(c4ccc(-c5ccccc5)cc4)c4cccc5ccccc45)ccc2-3)c1CC. The van der Waals surface area contributed by atoms with Gasteiger partial charge in [0.15, 0.2) is 0 Å². The Balaban J connectivity index is 0.579. The van der Waals surface area contributed by atoms with E-state index in [1.165, 1.54) is 88.7 Å². The summed E-state index contributed by atoms with van der Waals surface area (Å²) < 4.78 is 0. The van der Waals surface area contributed by atoms with Crippen LogP contribution in [0.25, 0.3) is 117 Å². The van der Waals surface area contributed by atoms with E-state index in [-0.39, 0.29) is 5.41 Å². The van der Waals surface area contributed by atoms with Gasteiger partial charge in [-0.05, 0) is 280 Å². The highest BCUT2D eigenvalue weighted by atomic mass is 15.2. The Hall–Kier alpha value is -15.9. The van der Waals surface area contributed by atoms with Gasteiger partial charge in [0.25, 0.3) is 0 Å². The standard InChI is InChI=1S/C121H92N4/c1-5-7-26-97-36-24-43-119(113(97)6-2)124(111-77-79-115-116-80-78-112(84-118(116)121(3,4)117(115)83-111)125(120-44-25-37-98-35-20-21-42-114(98)120)110-73-55-92(56-74-110)88-33-18-11-19-34-88)109-75-59-96(60-76-109)100-39-23-41-102(82-100)101-40-22-38-99(81-101)95-57-71-108(72-58-95)123(105-65-49-91(50-66-105)87-31-16-10-17-32-87)107-69-53-94(54-70-107)93-51-67-106(68-52-93)122(103-61-45-89(46-62-103)85-27-12-8-13-28-85)104-63-47-90(48-64-104)86-29-14-9-15-30-86/h5,7-84H,1,6H2,2-4H3/b26-7-. The van der Waals surface area contributed by atoms with Gasteiger partial charge in [-0.25, -0.2) is 0 Å². The van der Waals surface area contributed by atoms with Gasteiger partial charge in [-0.2, -0.15) is 0 Å². The molecule has 19 aromatic carbocycles. The van der Waals surface area contributed by atoms with Crippen LogP contribution in [0.5, 0.6) is 0 Å². The molecule has 596 valence electrons. The van der Waals surface area contributed by atoms with E-state index < -0.39 is 0 Å². The number of benzene rings is 19. The van der Waals surface area contributed by atoms with E-state index in [1.54, 1.807) is 0 Å². The van der Waals surface area contributed by atoms with E-state index in [0.29, 0.717) is 0 Å². The van der Waals surface area contributed by atoms with Crippen LogP contribution >= 0.6 is 0 Å². The Labute approximate surface area is 734 Å². The summed E-state index contributed by atoms with van der Waals surface area (Å²) in [6.07, 6.45) is 6.93. The van der Waals surface area contributed by atoms with Crippen molar-refractivity contribution in [2.75, 3.05) is 19.6 Å². The molecule has 0 aliphatic heterocycles. The topological polar surface area (TPSA) is 13.0 Å². The number of nitrogens with zero attached hydrogens (tertiary/aromatic N) is 4. The molecule has 0 heterocycles. The Bertz CT molecular complexity index is 7000. The fourth-order valence-corrected chi connectivity index (χ4v) is 18.4. The highest BCUT2D eigenvalue weighted by Crippen LogP contribution is 2.54.